The van der Waals surface area contributed by atoms with Crippen LogP contribution in [0.5, 0.6) is 0 Å². The summed E-state index contributed by atoms with van der Waals surface area (Å²) in [5.74, 6) is 0.423. The summed E-state index contributed by atoms with van der Waals surface area (Å²) in [6.07, 6.45) is 4.61. The average Bonchev–Trinajstić information content (AvgIpc) is 2.86. The van der Waals surface area contributed by atoms with E-state index < -0.39 is 0 Å². The molecule has 6 nitrogen and oxygen atoms in total. The maximum atomic E-state index is 11.2. The summed E-state index contributed by atoms with van der Waals surface area (Å²) in [6, 6.07) is 3.22. The molecule has 0 aliphatic heterocycles. The van der Waals surface area contributed by atoms with Crippen molar-refractivity contribution in [2.75, 3.05) is 11.9 Å². The van der Waals surface area contributed by atoms with Gasteiger partial charge in [0.25, 0.3) is 0 Å². The number of hydrogen-bond acceptors (Lipinski definition) is 6. The van der Waals surface area contributed by atoms with E-state index in [9.17, 15) is 10.1 Å². The quantitative estimate of drug-likeness (QED) is 0.643. The second-order valence-electron chi connectivity index (χ2n) is 5.17. The van der Waals surface area contributed by atoms with Gasteiger partial charge in [0.2, 0.25) is 5.82 Å². The van der Waals surface area contributed by atoms with Crippen molar-refractivity contribution in [1.29, 1.82) is 0 Å². The second-order valence-corrected chi connectivity index (χ2v) is 6.40. The molecule has 0 amide bonds. The normalized spacial score (nSPS) is 17.3. The number of aryl methyl sites for hydroxylation is 2. The Morgan fingerprint density at radius 1 is 1.52 bits per heavy atom. The van der Waals surface area contributed by atoms with Gasteiger partial charge < -0.3 is 4.90 Å². The Balaban J connectivity index is 2.00. The molecule has 0 saturated carbocycles. The minimum atomic E-state index is -0.375. The topological polar surface area (TPSA) is 72.2 Å². The van der Waals surface area contributed by atoms with E-state index in [4.69, 9.17) is 0 Å². The summed E-state index contributed by atoms with van der Waals surface area (Å²) in [5.41, 5.74) is 1.19. The molecule has 21 heavy (non-hydrogen) atoms. The van der Waals surface area contributed by atoms with Crippen LogP contribution in [0.15, 0.2) is 18.3 Å². The van der Waals surface area contributed by atoms with Crippen LogP contribution in [0.3, 0.4) is 0 Å². The van der Waals surface area contributed by atoms with Crippen molar-refractivity contribution in [3.63, 3.8) is 0 Å². The van der Waals surface area contributed by atoms with Gasteiger partial charge in [-0.1, -0.05) is 0 Å². The van der Waals surface area contributed by atoms with Gasteiger partial charge in [-0.3, -0.25) is 10.1 Å². The number of nitro groups is 1. The first-order valence-corrected chi connectivity index (χ1v) is 7.68. The van der Waals surface area contributed by atoms with E-state index in [0.717, 1.165) is 30.0 Å². The highest BCUT2D eigenvalue weighted by molar-refractivity contribution is 7.11. The summed E-state index contributed by atoms with van der Waals surface area (Å²) in [7, 11) is 1.88. The Labute approximate surface area is 126 Å². The molecule has 0 spiro atoms. The van der Waals surface area contributed by atoms with Crippen LogP contribution < -0.4 is 4.90 Å². The lowest BCUT2D eigenvalue weighted by molar-refractivity contribution is -0.384. The Kier molecular flexibility index (Phi) is 3.59. The molecule has 0 saturated heterocycles. The fourth-order valence-electron chi connectivity index (χ4n) is 2.84. The largest absolute Gasteiger partial charge is 0.346 e. The maximum absolute atomic E-state index is 11.2. The van der Waals surface area contributed by atoms with Crippen LogP contribution in [-0.2, 0) is 6.42 Å². The fourth-order valence-corrected chi connectivity index (χ4v) is 3.99. The van der Waals surface area contributed by atoms with Gasteiger partial charge in [0, 0.05) is 19.3 Å². The van der Waals surface area contributed by atoms with Crippen molar-refractivity contribution in [3.05, 3.63) is 44.0 Å². The molecule has 1 aliphatic rings. The van der Waals surface area contributed by atoms with E-state index in [1.54, 1.807) is 23.6 Å². The predicted molar refractivity (Wildman–Crippen MR) is 81.8 cm³/mol. The molecule has 0 aromatic carbocycles. The Morgan fingerprint density at radius 2 is 2.33 bits per heavy atom. The van der Waals surface area contributed by atoms with E-state index in [0.29, 0.717) is 5.82 Å². The van der Waals surface area contributed by atoms with E-state index >= 15 is 0 Å². The van der Waals surface area contributed by atoms with Crippen LogP contribution in [0.2, 0.25) is 0 Å². The van der Waals surface area contributed by atoms with Crippen molar-refractivity contribution in [2.24, 2.45) is 0 Å². The third kappa shape index (κ3) is 2.49. The Hall–Kier alpha value is -2.02. The van der Waals surface area contributed by atoms with E-state index in [2.05, 4.69) is 9.97 Å². The van der Waals surface area contributed by atoms with Crippen molar-refractivity contribution in [2.45, 2.75) is 32.2 Å². The Morgan fingerprint density at radius 3 is 3.10 bits per heavy atom. The molecular formula is C14H16N4O2S. The number of nitrogens with zero attached hydrogens (tertiary/aromatic N) is 4. The van der Waals surface area contributed by atoms with Crippen LogP contribution in [0.4, 0.5) is 11.5 Å². The molecule has 3 rings (SSSR count). The van der Waals surface area contributed by atoms with Crippen molar-refractivity contribution in [1.82, 2.24) is 9.97 Å². The molecule has 0 radical (unpaired) electrons. The summed E-state index contributed by atoms with van der Waals surface area (Å²) < 4.78 is 0. The number of rotatable bonds is 3. The molecular weight excluding hydrogens is 288 g/mol. The minimum absolute atomic E-state index is 0.0494. The third-order valence-corrected chi connectivity index (χ3v) is 4.91. The second kappa shape index (κ2) is 5.40. The number of aromatic nitrogens is 2. The monoisotopic (exact) mass is 304 g/mol. The van der Waals surface area contributed by atoms with E-state index in [-0.39, 0.29) is 16.7 Å². The molecule has 1 aliphatic carbocycles. The number of hydrogen-bond donors (Lipinski definition) is 0. The first kappa shape index (κ1) is 13.9. The van der Waals surface area contributed by atoms with E-state index in [1.807, 2.05) is 18.9 Å². The minimum Gasteiger partial charge on any atom is -0.346 e. The molecule has 2 aromatic rings. The SMILES string of the molecule is Cc1nc2c(s1)[C@H](N(C)c1ncccc1[N+](=O)[O-])CCC2. The lowest BCUT2D eigenvalue weighted by atomic mass is 9.97. The molecule has 1 atom stereocenters. The standard InChI is InChI=1S/C14H16N4O2S/c1-9-16-10-5-3-6-11(13(10)21-9)17(2)14-12(18(19)20)7-4-8-15-14/h4,7-8,11H,3,5-6H2,1-2H3/t11-/m1/s1. The predicted octanol–water partition coefficient (Wildman–Crippen LogP) is 3.27. The van der Waals surface area contributed by atoms with Crippen LogP contribution in [0.25, 0.3) is 0 Å². The van der Waals surface area contributed by atoms with Gasteiger partial charge in [0.05, 0.1) is 26.5 Å². The maximum Gasteiger partial charge on any atom is 0.311 e. The van der Waals surface area contributed by atoms with Crippen LogP contribution in [0.1, 0.15) is 34.5 Å². The van der Waals surface area contributed by atoms with Gasteiger partial charge in [0.1, 0.15) is 0 Å². The first-order chi connectivity index (χ1) is 10.1. The smallest absolute Gasteiger partial charge is 0.311 e. The van der Waals surface area contributed by atoms with Crippen LogP contribution >= 0.6 is 11.3 Å². The lowest BCUT2D eigenvalue weighted by Gasteiger charge is -2.31. The Bertz CT molecular complexity index is 685. The molecule has 0 unspecified atom stereocenters. The van der Waals surface area contributed by atoms with Crippen molar-refractivity contribution < 1.29 is 4.92 Å². The highest BCUT2D eigenvalue weighted by Crippen LogP contribution is 2.40. The molecule has 0 bridgehead atoms. The number of thiazole rings is 1. The first-order valence-electron chi connectivity index (χ1n) is 6.86. The zero-order valence-corrected chi connectivity index (χ0v) is 12.8. The van der Waals surface area contributed by atoms with Crippen molar-refractivity contribution in [3.8, 4) is 0 Å². The van der Waals surface area contributed by atoms with E-state index in [1.165, 1.54) is 10.9 Å². The fraction of sp³-hybridized carbons (Fsp3) is 0.429. The summed E-state index contributed by atoms with van der Waals surface area (Å²) >= 11 is 1.69. The van der Waals surface area contributed by atoms with Gasteiger partial charge >= 0.3 is 5.69 Å². The molecule has 110 valence electrons. The van der Waals surface area contributed by atoms with Gasteiger partial charge in [-0.15, -0.1) is 11.3 Å². The molecule has 0 fully saturated rings. The highest BCUT2D eigenvalue weighted by atomic mass is 32.1. The van der Waals surface area contributed by atoms with Gasteiger partial charge in [0.15, 0.2) is 0 Å². The number of pyridine rings is 1. The zero-order valence-electron chi connectivity index (χ0n) is 11.9. The van der Waals surface area contributed by atoms with Crippen molar-refractivity contribution >= 4 is 22.8 Å². The summed E-state index contributed by atoms with van der Waals surface area (Å²) in [6.45, 7) is 2.00. The van der Waals surface area contributed by atoms with Gasteiger partial charge in [-0.25, -0.2) is 9.97 Å². The van der Waals surface area contributed by atoms with Crippen LogP contribution in [-0.4, -0.2) is 21.9 Å². The molecule has 2 heterocycles. The number of fused-ring (bicyclic) bond motifs is 1. The average molecular weight is 304 g/mol. The zero-order chi connectivity index (χ0) is 15.0. The summed E-state index contributed by atoms with van der Waals surface area (Å²) in [5, 5.41) is 12.2. The third-order valence-electron chi connectivity index (χ3n) is 3.79. The highest BCUT2D eigenvalue weighted by Gasteiger charge is 2.30. The molecule has 0 N–H and O–H groups in total. The number of anilines is 1. The molecule has 7 heteroatoms. The van der Waals surface area contributed by atoms with Gasteiger partial charge in [-0.2, -0.15) is 0 Å². The van der Waals surface area contributed by atoms with Gasteiger partial charge in [-0.05, 0) is 32.3 Å². The lowest BCUT2D eigenvalue weighted by Crippen LogP contribution is -2.28. The molecule has 2 aromatic heterocycles. The van der Waals surface area contributed by atoms with Crippen LogP contribution in [0, 0.1) is 17.0 Å². The summed E-state index contributed by atoms with van der Waals surface area (Å²) in [4.78, 5) is 22.8.